The third kappa shape index (κ3) is 5.01. The van der Waals surface area contributed by atoms with Crippen molar-refractivity contribution < 1.29 is 13.5 Å². The highest BCUT2D eigenvalue weighted by atomic mass is 32.1. The molecule has 0 unspecified atom stereocenters. The number of rotatable bonds is 6. The minimum Gasteiger partial charge on any atom is -0.379 e. The summed E-state index contributed by atoms with van der Waals surface area (Å²) in [5.41, 5.74) is 3.95. The Bertz CT molecular complexity index is 1180. The maximum atomic E-state index is 13.3. The molecule has 1 aromatic heterocycles. The van der Waals surface area contributed by atoms with E-state index >= 15 is 0 Å². The van der Waals surface area contributed by atoms with E-state index in [0.717, 1.165) is 72.5 Å². The van der Waals surface area contributed by atoms with E-state index < -0.39 is 5.92 Å². The second kappa shape index (κ2) is 8.87. The van der Waals surface area contributed by atoms with Crippen LogP contribution in [0.15, 0.2) is 41.2 Å². The van der Waals surface area contributed by atoms with Crippen LogP contribution in [-0.4, -0.2) is 41.7 Å². The monoisotopic (exact) mass is 443 g/mol. The van der Waals surface area contributed by atoms with Gasteiger partial charge < -0.3 is 4.74 Å². The second-order valence-corrected chi connectivity index (χ2v) is 8.90. The molecule has 0 aliphatic carbocycles. The van der Waals surface area contributed by atoms with Crippen molar-refractivity contribution in [3.05, 3.63) is 57.2 Å². The summed E-state index contributed by atoms with van der Waals surface area (Å²) in [5, 5.41) is 9.60. The van der Waals surface area contributed by atoms with Crippen molar-refractivity contribution in [2.24, 2.45) is 0 Å². The van der Waals surface area contributed by atoms with Crippen LogP contribution in [-0.2, 0) is 17.8 Å². The van der Waals surface area contributed by atoms with Crippen molar-refractivity contribution >= 4 is 21.6 Å². The molecule has 0 radical (unpaired) electrons. The standard InChI is InChI=1S/C23H23F2N3O2S/c1-23(24,25)6-7-28-20-5-4-17(13-21(20)31-22(28)29)19-12-16(2-3-18(19)14-26)15-27-8-10-30-11-9-27/h2-5,12-13H,6-11,15H2,1H3. The van der Waals surface area contributed by atoms with Gasteiger partial charge in [-0.05, 0) is 47.9 Å². The Labute approximate surface area is 183 Å². The normalized spacial score (nSPS) is 15.3. The molecule has 0 atom stereocenters. The maximum absolute atomic E-state index is 13.3. The van der Waals surface area contributed by atoms with Gasteiger partial charge in [0.1, 0.15) is 0 Å². The molecule has 5 nitrogen and oxygen atoms in total. The van der Waals surface area contributed by atoms with Crippen LogP contribution in [0.2, 0.25) is 0 Å². The largest absolute Gasteiger partial charge is 0.379 e. The van der Waals surface area contributed by atoms with Gasteiger partial charge in [-0.3, -0.25) is 14.3 Å². The molecule has 0 N–H and O–H groups in total. The fraction of sp³-hybridized carbons (Fsp3) is 0.391. The van der Waals surface area contributed by atoms with E-state index in [1.807, 2.05) is 30.3 Å². The van der Waals surface area contributed by atoms with Gasteiger partial charge in [-0.15, -0.1) is 0 Å². The molecule has 8 heteroatoms. The minimum absolute atomic E-state index is 0.0276. The van der Waals surface area contributed by atoms with Crippen LogP contribution in [0, 0.1) is 11.3 Å². The molecule has 0 bridgehead atoms. The minimum atomic E-state index is -2.82. The Hall–Kier alpha value is -2.60. The van der Waals surface area contributed by atoms with Crippen molar-refractivity contribution in [3.8, 4) is 17.2 Å². The van der Waals surface area contributed by atoms with Gasteiger partial charge in [-0.2, -0.15) is 5.26 Å². The highest BCUT2D eigenvalue weighted by molar-refractivity contribution is 7.16. The number of alkyl halides is 2. The molecule has 2 aromatic carbocycles. The molecule has 0 saturated carbocycles. The molecule has 1 saturated heterocycles. The second-order valence-electron chi connectivity index (χ2n) is 7.90. The highest BCUT2D eigenvalue weighted by Gasteiger charge is 2.22. The Balaban J connectivity index is 1.66. The number of aryl methyl sites for hydroxylation is 1. The Morgan fingerprint density at radius 3 is 2.68 bits per heavy atom. The first kappa shape index (κ1) is 21.6. The number of thiazole rings is 1. The zero-order valence-electron chi connectivity index (χ0n) is 17.2. The van der Waals surface area contributed by atoms with Gasteiger partial charge in [0.05, 0.1) is 35.1 Å². The number of morpholine rings is 1. The van der Waals surface area contributed by atoms with Crippen molar-refractivity contribution in [1.29, 1.82) is 5.26 Å². The Morgan fingerprint density at radius 1 is 1.19 bits per heavy atom. The van der Waals surface area contributed by atoms with Gasteiger partial charge in [0, 0.05) is 32.6 Å². The van der Waals surface area contributed by atoms with Crippen LogP contribution >= 0.6 is 11.3 Å². The highest BCUT2D eigenvalue weighted by Crippen LogP contribution is 2.30. The first-order valence-corrected chi connectivity index (χ1v) is 11.0. The lowest BCUT2D eigenvalue weighted by Gasteiger charge is -2.26. The number of nitriles is 1. The number of nitrogens with zero attached hydrogens (tertiary/aromatic N) is 3. The topological polar surface area (TPSA) is 58.3 Å². The molecule has 31 heavy (non-hydrogen) atoms. The third-order valence-corrected chi connectivity index (χ3v) is 6.41. The van der Waals surface area contributed by atoms with Crippen molar-refractivity contribution in [2.45, 2.75) is 32.4 Å². The summed E-state index contributed by atoms with van der Waals surface area (Å²) >= 11 is 1.04. The Morgan fingerprint density at radius 2 is 1.97 bits per heavy atom. The lowest BCUT2D eigenvalue weighted by atomic mass is 9.97. The first-order chi connectivity index (χ1) is 14.8. The predicted octanol–water partition coefficient (Wildman–Crippen LogP) is 4.48. The third-order valence-electron chi connectivity index (χ3n) is 5.47. The molecule has 0 amide bonds. The molecule has 0 spiro atoms. The van der Waals surface area contributed by atoms with Gasteiger partial charge in [0.2, 0.25) is 5.92 Å². The van der Waals surface area contributed by atoms with E-state index in [9.17, 15) is 18.8 Å². The zero-order valence-corrected chi connectivity index (χ0v) is 18.1. The maximum Gasteiger partial charge on any atom is 0.308 e. The zero-order chi connectivity index (χ0) is 22.0. The molecule has 162 valence electrons. The van der Waals surface area contributed by atoms with Crippen LogP contribution in [0.1, 0.15) is 24.5 Å². The Kier molecular flexibility index (Phi) is 6.19. The van der Waals surface area contributed by atoms with Gasteiger partial charge in [-0.25, -0.2) is 8.78 Å². The average Bonchev–Trinajstić information content (AvgIpc) is 3.06. The summed E-state index contributed by atoms with van der Waals surface area (Å²) in [4.78, 5) is 14.4. The number of halogens is 2. The van der Waals surface area contributed by atoms with Gasteiger partial charge in [-0.1, -0.05) is 23.5 Å². The summed E-state index contributed by atoms with van der Waals surface area (Å²) in [6, 6.07) is 13.6. The summed E-state index contributed by atoms with van der Waals surface area (Å²) in [5.74, 6) is -2.82. The van der Waals surface area contributed by atoms with E-state index in [0.29, 0.717) is 11.1 Å². The smallest absolute Gasteiger partial charge is 0.308 e. The van der Waals surface area contributed by atoms with Crippen LogP contribution in [0.25, 0.3) is 21.3 Å². The van der Waals surface area contributed by atoms with Crippen molar-refractivity contribution in [3.63, 3.8) is 0 Å². The molecule has 3 aromatic rings. The average molecular weight is 444 g/mol. The van der Waals surface area contributed by atoms with E-state index in [-0.39, 0.29) is 17.8 Å². The van der Waals surface area contributed by atoms with Crippen LogP contribution < -0.4 is 4.87 Å². The molecule has 2 heterocycles. The predicted molar refractivity (Wildman–Crippen MR) is 118 cm³/mol. The van der Waals surface area contributed by atoms with Crippen LogP contribution in [0.3, 0.4) is 0 Å². The fourth-order valence-electron chi connectivity index (χ4n) is 3.80. The number of ether oxygens (including phenoxy) is 1. The lowest BCUT2D eigenvalue weighted by molar-refractivity contribution is 0.00887. The van der Waals surface area contributed by atoms with Crippen molar-refractivity contribution in [1.82, 2.24) is 9.47 Å². The summed E-state index contributed by atoms with van der Waals surface area (Å²) in [6.07, 6.45) is -0.386. The molecule has 1 fully saturated rings. The van der Waals surface area contributed by atoms with E-state index in [1.165, 1.54) is 4.57 Å². The van der Waals surface area contributed by atoms with E-state index in [2.05, 4.69) is 11.0 Å². The quantitative estimate of drug-likeness (QED) is 0.564. The van der Waals surface area contributed by atoms with E-state index in [1.54, 1.807) is 6.07 Å². The molecule has 1 aliphatic heterocycles. The summed E-state index contributed by atoms with van der Waals surface area (Å²) in [7, 11) is 0. The molecule has 1 aliphatic rings. The number of aromatic nitrogens is 1. The molecular formula is C23H23F2N3O2S. The van der Waals surface area contributed by atoms with E-state index in [4.69, 9.17) is 4.74 Å². The van der Waals surface area contributed by atoms with Crippen LogP contribution in [0.4, 0.5) is 8.78 Å². The van der Waals surface area contributed by atoms with Gasteiger partial charge in [0.15, 0.2) is 0 Å². The van der Waals surface area contributed by atoms with Crippen molar-refractivity contribution in [2.75, 3.05) is 26.3 Å². The molecule has 4 rings (SSSR count). The fourth-order valence-corrected chi connectivity index (χ4v) is 4.75. The first-order valence-electron chi connectivity index (χ1n) is 10.2. The van der Waals surface area contributed by atoms with Gasteiger partial charge >= 0.3 is 4.87 Å². The summed E-state index contributed by atoms with van der Waals surface area (Å²) in [6.45, 7) is 4.80. The number of benzene rings is 2. The molecular weight excluding hydrogens is 420 g/mol. The number of fused-ring (bicyclic) bond motifs is 1. The van der Waals surface area contributed by atoms with Crippen LogP contribution in [0.5, 0.6) is 0 Å². The summed E-state index contributed by atoms with van der Waals surface area (Å²) < 4.78 is 34.1. The lowest BCUT2D eigenvalue weighted by Crippen LogP contribution is -2.35. The number of hydrogen-bond acceptors (Lipinski definition) is 5. The number of hydrogen-bond donors (Lipinski definition) is 0. The SMILES string of the molecule is CC(F)(F)CCn1c(=O)sc2cc(-c3cc(CN4CCOCC4)ccc3C#N)ccc21. The van der Waals surface area contributed by atoms with Gasteiger partial charge in [0.25, 0.3) is 0 Å².